The van der Waals surface area contributed by atoms with Gasteiger partial charge < -0.3 is 9.79 Å². The highest BCUT2D eigenvalue weighted by Crippen LogP contribution is 2.13. The van der Waals surface area contributed by atoms with Crippen LogP contribution in [-0.4, -0.2) is 0 Å². The van der Waals surface area contributed by atoms with Gasteiger partial charge in [-0.05, 0) is 0 Å². The Kier molecular flexibility index (Phi) is 3.16. The number of halogens is 1. The molecule has 0 saturated heterocycles. The van der Waals surface area contributed by atoms with Crippen molar-refractivity contribution < 1.29 is 13.9 Å². The molecular formula is ClO3P-2. The molecule has 0 rings (SSSR count). The normalized spacial score (nSPS) is 9.60. The zero-order valence-corrected chi connectivity index (χ0v) is 3.70. The molecule has 0 heterocycles. The van der Waals surface area contributed by atoms with Crippen LogP contribution in [0.2, 0.25) is 0 Å². The number of hydrogen-bond acceptors (Lipinski definition) is 3. The minimum atomic E-state index is -2.83. The van der Waals surface area contributed by atoms with Gasteiger partial charge in [0, 0.05) is 0 Å². The third-order valence-corrected chi connectivity index (χ3v) is 0.507. The van der Waals surface area contributed by atoms with Crippen LogP contribution in [-0.2, 0) is 4.08 Å². The molecule has 0 aliphatic rings. The van der Waals surface area contributed by atoms with E-state index in [2.05, 4.69) is 15.9 Å². The first-order valence-corrected chi connectivity index (χ1v) is 2.11. The molecule has 0 spiro atoms. The van der Waals surface area contributed by atoms with Gasteiger partial charge in [-0.1, -0.05) is 0 Å². The van der Waals surface area contributed by atoms with Crippen molar-refractivity contribution >= 4 is 20.5 Å². The van der Waals surface area contributed by atoms with Gasteiger partial charge in [-0.3, -0.25) is 4.08 Å². The summed E-state index contributed by atoms with van der Waals surface area (Å²) >= 11 is 4.24. The molecular weight excluding hydrogens is 114 g/mol. The van der Waals surface area contributed by atoms with Gasteiger partial charge in [0.2, 0.25) is 0 Å². The summed E-state index contributed by atoms with van der Waals surface area (Å²) in [4.78, 5) is 18.1. The van der Waals surface area contributed by atoms with Crippen molar-refractivity contribution in [3.63, 3.8) is 0 Å². The highest BCUT2D eigenvalue weighted by molar-refractivity contribution is 7.37. The van der Waals surface area contributed by atoms with Gasteiger partial charge in [-0.2, -0.15) is 0 Å². The Morgan fingerprint density at radius 3 is 1.80 bits per heavy atom. The van der Waals surface area contributed by atoms with E-state index < -0.39 is 8.60 Å². The summed E-state index contributed by atoms with van der Waals surface area (Å²) in [6, 6.07) is 0. The smallest absolute Gasteiger partial charge is 0.0621 e. The largest absolute Gasteiger partial charge is 0.819 e. The molecule has 32 valence electrons. The second-order valence-corrected chi connectivity index (χ2v) is 1.29. The maximum Gasteiger partial charge on any atom is 0.0621 e. The molecule has 0 atom stereocenters. The quantitative estimate of drug-likeness (QED) is 0.415. The second-order valence-electron chi connectivity index (χ2n) is 0.293. The molecule has 0 aromatic heterocycles. The van der Waals surface area contributed by atoms with Crippen LogP contribution < -0.4 is 9.79 Å². The molecule has 0 saturated carbocycles. The van der Waals surface area contributed by atoms with E-state index in [1.807, 2.05) is 0 Å². The second kappa shape index (κ2) is 2.82. The van der Waals surface area contributed by atoms with Gasteiger partial charge in [0.25, 0.3) is 0 Å². The average molecular weight is 114 g/mol. The van der Waals surface area contributed by atoms with Crippen LogP contribution in [0, 0.1) is 0 Å². The monoisotopic (exact) mass is 114 g/mol. The zero-order valence-electron chi connectivity index (χ0n) is 2.05. The molecule has 0 amide bonds. The van der Waals surface area contributed by atoms with E-state index in [0.29, 0.717) is 0 Å². The first-order valence-electron chi connectivity index (χ1n) is 0.702. The predicted octanol–water partition coefficient (Wildman–Crippen LogP) is -0.896. The summed E-state index contributed by atoms with van der Waals surface area (Å²) in [7, 11) is -2.83. The lowest BCUT2D eigenvalue weighted by molar-refractivity contribution is -0.310. The van der Waals surface area contributed by atoms with E-state index in [1.165, 1.54) is 0 Å². The fraction of sp³-hybridized carbons (Fsp3) is 0. The topological polar surface area (TPSA) is 55.3 Å². The van der Waals surface area contributed by atoms with E-state index in [9.17, 15) is 0 Å². The van der Waals surface area contributed by atoms with E-state index in [4.69, 9.17) is 9.79 Å². The molecule has 0 unspecified atom stereocenters. The highest BCUT2D eigenvalue weighted by atomic mass is 35.5. The summed E-state index contributed by atoms with van der Waals surface area (Å²) in [6.07, 6.45) is 0. The average Bonchev–Trinajstić information content (AvgIpc) is 1.38. The SMILES string of the molecule is [O-]P([O-])OCl. The zero-order chi connectivity index (χ0) is 4.28. The Balaban J connectivity index is 2.54. The van der Waals surface area contributed by atoms with Crippen molar-refractivity contribution in [2.24, 2.45) is 0 Å². The van der Waals surface area contributed by atoms with Gasteiger partial charge in [0.15, 0.2) is 0 Å². The van der Waals surface area contributed by atoms with Crippen molar-refractivity contribution in [2.45, 2.75) is 0 Å². The Hall–Kier alpha value is 0.600. The predicted molar refractivity (Wildman–Crippen MR) is 13.9 cm³/mol. The molecule has 0 aromatic carbocycles. The van der Waals surface area contributed by atoms with Crippen LogP contribution in [0.15, 0.2) is 0 Å². The van der Waals surface area contributed by atoms with Crippen molar-refractivity contribution in [3.05, 3.63) is 0 Å². The lowest BCUT2D eigenvalue weighted by atomic mass is 15.8. The molecule has 0 aromatic rings. The van der Waals surface area contributed by atoms with Gasteiger partial charge in [-0.15, -0.1) is 8.60 Å². The minimum absolute atomic E-state index is 2.83. The molecule has 0 radical (unpaired) electrons. The van der Waals surface area contributed by atoms with Crippen molar-refractivity contribution in [1.29, 1.82) is 0 Å². The molecule has 0 aliphatic carbocycles. The van der Waals surface area contributed by atoms with Crippen LogP contribution in [0.1, 0.15) is 0 Å². The maximum atomic E-state index is 9.05. The van der Waals surface area contributed by atoms with E-state index in [1.54, 1.807) is 0 Å². The number of hydrogen-bond donors (Lipinski definition) is 0. The minimum Gasteiger partial charge on any atom is -0.819 e. The molecule has 0 N–H and O–H groups in total. The molecule has 0 bridgehead atoms. The van der Waals surface area contributed by atoms with Gasteiger partial charge in [0.1, 0.15) is 0 Å². The summed E-state index contributed by atoms with van der Waals surface area (Å²) in [5, 5.41) is 0. The summed E-state index contributed by atoms with van der Waals surface area (Å²) < 4.78 is 3.18. The summed E-state index contributed by atoms with van der Waals surface area (Å²) in [6.45, 7) is 0. The summed E-state index contributed by atoms with van der Waals surface area (Å²) in [5.74, 6) is 0. The van der Waals surface area contributed by atoms with Gasteiger partial charge >= 0.3 is 0 Å². The van der Waals surface area contributed by atoms with Crippen LogP contribution in [0.25, 0.3) is 0 Å². The fourth-order valence-corrected chi connectivity index (χ4v) is 0. The van der Waals surface area contributed by atoms with Crippen molar-refractivity contribution in [1.82, 2.24) is 0 Å². The molecule has 3 nitrogen and oxygen atoms in total. The van der Waals surface area contributed by atoms with Crippen molar-refractivity contribution in [3.8, 4) is 0 Å². The van der Waals surface area contributed by atoms with Gasteiger partial charge in [-0.25, -0.2) is 0 Å². The molecule has 5 heavy (non-hydrogen) atoms. The summed E-state index contributed by atoms with van der Waals surface area (Å²) in [5.41, 5.74) is 0. The van der Waals surface area contributed by atoms with E-state index in [0.717, 1.165) is 0 Å². The maximum absolute atomic E-state index is 9.05. The van der Waals surface area contributed by atoms with Crippen LogP contribution in [0.4, 0.5) is 0 Å². The molecule has 5 heteroatoms. The van der Waals surface area contributed by atoms with Crippen LogP contribution >= 0.6 is 20.5 Å². The number of rotatable bonds is 1. The first-order chi connectivity index (χ1) is 2.27. The van der Waals surface area contributed by atoms with Crippen LogP contribution in [0.3, 0.4) is 0 Å². The standard InChI is InChI=1S/ClO3P/c1-4-5(2)3/q-2. The molecule has 0 aliphatic heterocycles. The Morgan fingerprint density at radius 1 is 1.60 bits per heavy atom. The first kappa shape index (κ1) is 5.60. The van der Waals surface area contributed by atoms with Crippen molar-refractivity contribution in [2.75, 3.05) is 0 Å². The lowest BCUT2D eigenvalue weighted by Crippen LogP contribution is -2.06. The third-order valence-electron chi connectivity index (χ3n) is 0.0563. The third kappa shape index (κ3) is 4.60. The Bertz CT molecular complexity index is 20.9. The van der Waals surface area contributed by atoms with Crippen LogP contribution in [0.5, 0.6) is 0 Å². The fourth-order valence-electron chi connectivity index (χ4n) is 0. The Morgan fingerprint density at radius 2 is 1.80 bits per heavy atom. The Labute approximate surface area is 35.3 Å². The molecule has 0 fully saturated rings. The van der Waals surface area contributed by atoms with Gasteiger partial charge in [0.05, 0.1) is 11.9 Å². The van der Waals surface area contributed by atoms with E-state index in [-0.39, 0.29) is 0 Å². The lowest BCUT2D eigenvalue weighted by Gasteiger charge is -2.22. The highest BCUT2D eigenvalue weighted by Gasteiger charge is 1.56. The van der Waals surface area contributed by atoms with E-state index >= 15 is 0 Å².